The van der Waals surface area contributed by atoms with E-state index in [1.54, 1.807) is 0 Å². The van der Waals surface area contributed by atoms with Gasteiger partial charge in [0.05, 0.1) is 5.41 Å². The van der Waals surface area contributed by atoms with E-state index >= 15 is 0 Å². The second-order valence-electron chi connectivity index (χ2n) is 6.69. The first-order chi connectivity index (χ1) is 9.07. The fourth-order valence-electron chi connectivity index (χ4n) is 3.73. The zero-order valence-corrected chi connectivity index (χ0v) is 12.5. The molecule has 2 aliphatic rings. The molecular weight excluding hydrogens is 238 g/mol. The molecule has 1 aliphatic heterocycles. The predicted octanol–water partition coefficient (Wildman–Crippen LogP) is 1.31. The Morgan fingerprint density at radius 1 is 1.26 bits per heavy atom. The molecule has 0 radical (unpaired) electrons. The van der Waals surface area contributed by atoms with E-state index in [1.807, 2.05) is 0 Å². The van der Waals surface area contributed by atoms with Crippen molar-refractivity contribution in [1.82, 2.24) is 9.80 Å². The number of nitrogens with two attached hydrogens (primary N) is 1. The maximum Gasteiger partial charge on any atom is 0.230 e. The summed E-state index contributed by atoms with van der Waals surface area (Å²) < 4.78 is 0. The lowest BCUT2D eigenvalue weighted by molar-refractivity contribution is -0.143. The van der Waals surface area contributed by atoms with E-state index in [2.05, 4.69) is 23.9 Å². The Labute approximate surface area is 117 Å². The summed E-state index contributed by atoms with van der Waals surface area (Å²) in [5, 5.41) is 0. The maximum atomic E-state index is 12.7. The lowest BCUT2D eigenvalue weighted by atomic mass is 9.83. The average Bonchev–Trinajstić information content (AvgIpc) is 2.88. The van der Waals surface area contributed by atoms with Crippen molar-refractivity contribution in [3.05, 3.63) is 0 Å². The summed E-state index contributed by atoms with van der Waals surface area (Å²) in [7, 11) is 4.25. The zero-order chi connectivity index (χ0) is 13.9. The van der Waals surface area contributed by atoms with Crippen molar-refractivity contribution in [1.29, 1.82) is 0 Å². The van der Waals surface area contributed by atoms with E-state index in [1.165, 1.54) is 12.8 Å². The van der Waals surface area contributed by atoms with Crippen LogP contribution in [-0.4, -0.2) is 56.0 Å². The molecule has 4 nitrogen and oxygen atoms in total. The molecule has 1 saturated carbocycles. The third kappa shape index (κ3) is 3.29. The highest BCUT2D eigenvalue weighted by atomic mass is 16.2. The van der Waals surface area contributed by atoms with Gasteiger partial charge in [-0.05, 0) is 45.7 Å². The van der Waals surface area contributed by atoms with Gasteiger partial charge in [-0.25, -0.2) is 0 Å². The van der Waals surface area contributed by atoms with Crippen LogP contribution in [0.15, 0.2) is 0 Å². The van der Waals surface area contributed by atoms with Gasteiger partial charge >= 0.3 is 0 Å². The molecule has 2 N–H and O–H groups in total. The molecule has 0 atom stereocenters. The number of nitrogens with zero attached hydrogens (tertiary/aromatic N) is 2. The number of rotatable bonds is 4. The lowest BCUT2D eigenvalue weighted by Crippen LogP contribution is -2.50. The highest BCUT2D eigenvalue weighted by molar-refractivity contribution is 5.83. The van der Waals surface area contributed by atoms with Crippen molar-refractivity contribution in [2.75, 3.05) is 40.3 Å². The van der Waals surface area contributed by atoms with Crippen LogP contribution >= 0.6 is 0 Å². The van der Waals surface area contributed by atoms with Crippen molar-refractivity contribution < 1.29 is 4.79 Å². The Balaban J connectivity index is 1.88. The van der Waals surface area contributed by atoms with Crippen LogP contribution in [0.1, 0.15) is 38.5 Å². The van der Waals surface area contributed by atoms with Crippen LogP contribution in [0.5, 0.6) is 0 Å². The van der Waals surface area contributed by atoms with Crippen LogP contribution in [0, 0.1) is 11.3 Å². The third-order valence-corrected chi connectivity index (χ3v) is 4.93. The highest BCUT2D eigenvalue weighted by Crippen LogP contribution is 2.39. The van der Waals surface area contributed by atoms with E-state index < -0.39 is 0 Å². The van der Waals surface area contributed by atoms with E-state index in [0.29, 0.717) is 12.5 Å². The second kappa shape index (κ2) is 6.23. The number of hydrogen-bond donors (Lipinski definition) is 1. The Morgan fingerprint density at radius 3 is 2.32 bits per heavy atom. The van der Waals surface area contributed by atoms with Gasteiger partial charge < -0.3 is 15.5 Å². The molecule has 1 saturated heterocycles. The van der Waals surface area contributed by atoms with Crippen molar-refractivity contribution in [3.8, 4) is 0 Å². The van der Waals surface area contributed by atoms with Gasteiger partial charge in [0.2, 0.25) is 5.91 Å². The van der Waals surface area contributed by atoms with Gasteiger partial charge in [0, 0.05) is 26.2 Å². The van der Waals surface area contributed by atoms with Crippen LogP contribution in [0.25, 0.3) is 0 Å². The Bertz CT molecular complexity index is 303. The third-order valence-electron chi connectivity index (χ3n) is 4.93. The van der Waals surface area contributed by atoms with Crippen LogP contribution in [0.4, 0.5) is 0 Å². The number of hydrogen-bond acceptors (Lipinski definition) is 3. The van der Waals surface area contributed by atoms with Gasteiger partial charge in [-0.2, -0.15) is 0 Å². The van der Waals surface area contributed by atoms with E-state index in [4.69, 9.17) is 5.73 Å². The SMILES string of the molecule is CN(C)CC1CCN(C(=O)C2(CN)CCCC2)CC1. The molecule has 0 aromatic heterocycles. The molecule has 0 unspecified atom stereocenters. The minimum atomic E-state index is -0.214. The van der Waals surface area contributed by atoms with Gasteiger partial charge in [-0.15, -0.1) is 0 Å². The molecule has 4 heteroatoms. The Morgan fingerprint density at radius 2 is 1.84 bits per heavy atom. The second-order valence-corrected chi connectivity index (χ2v) is 6.69. The van der Waals surface area contributed by atoms with Crippen molar-refractivity contribution >= 4 is 5.91 Å². The number of amides is 1. The highest BCUT2D eigenvalue weighted by Gasteiger charge is 2.42. The van der Waals surface area contributed by atoms with Gasteiger partial charge in [0.15, 0.2) is 0 Å². The molecular formula is C15H29N3O. The smallest absolute Gasteiger partial charge is 0.230 e. The largest absolute Gasteiger partial charge is 0.342 e. The monoisotopic (exact) mass is 267 g/mol. The van der Waals surface area contributed by atoms with E-state index in [-0.39, 0.29) is 5.41 Å². The van der Waals surface area contributed by atoms with Gasteiger partial charge in [0.1, 0.15) is 0 Å². The first kappa shape index (κ1) is 14.8. The van der Waals surface area contributed by atoms with Gasteiger partial charge in [0.25, 0.3) is 0 Å². The fourth-order valence-corrected chi connectivity index (χ4v) is 3.73. The van der Waals surface area contributed by atoms with Crippen LogP contribution in [0.2, 0.25) is 0 Å². The summed E-state index contributed by atoms with van der Waals surface area (Å²) in [6, 6.07) is 0. The number of carbonyl (C=O) groups is 1. The fraction of sp³-hybridized carbons (Fsp3) is 0.933. The van der Waals surface area contributed by atoms with Crippen molar-refractivity contribution in [2.45, 2.75) is 38.5 Å². The molecule has 2 fully saturated rings. The standard InChI is InChI=1S/C15H29N3O/c1-17(2)11-13-5-9-18(10-6-13)14(19)15(12-16)7-3-4-8-15/h13H,3-12,16H2,1-2H3. The quantitative estimate of drug-likeness (QED) is 0.835. The molecule has 1 heterocycles. The normalized spacial score (nSPS) is 24.1. The Hall–Kier alpha value is -0.610. The molecule has 19 heavy (non-hydrogen) atoms. The first-order valence-corrected chi connectivity index (χ1v) is 7.71. The summed E-state index contributed by atoms with van der Waals surface area (Å²) in [5.74, 6) is 1.09. The summed E-state index contributed by atoms with van der Waals surface area (Å²) in [4.78, 5) is 17.1. The molecule has 2 rings (SSSR count). The number of carbonyl (C=O) groups excluding carboxylic acids is 1. The zero-order valence-electron chi connectivity index (χ0n) is 12.5. The molecule has 0 aromatic carbocycles. The Kier molecular flexibility index (Phi) is 4.85. The molecule has 0 bridgehead atoms. The minimum absolute atomic E-state index is 0.214. The number of piperidine rings is 1. The average molecular weight is 267 g/mol. The van der Waals surface area contributed by atoms with Gasteiger partial charge in [-0.1, -0.05) is 12.8 Å². The van der Waals surface area contributed by atoms with Gasteiger partial charge in [-0.3, -0.25) is 4.79 Å². The molecule has 1 amide bonds. The number of likely N-dealkylation sites (tertiary alicyclic amines) is 1. The molecule has 0 aromatic rings. The molecule has 1 aliphatic carbocycles. The van der Waals surface area contributed by atoms with Crippen LogP contribution in [-0.2, 0) is 4.79 Å². The van der Waals surface area contributed by atoms with Crippen molar-refractivity contribution in [3.63, 3.8) is 0 Å². The van der Waals surface area contributed by atoms with Crippen molar-refractivity contribution in [2.24, 2.45) is 17.1 Å². The summed E-state index contributed by atoms with van der Waals surface area (Å²) in [6.07, 6.45) is 6.62. The first-order valence-electron chi connectivity index (χ1n) is 7.71. The summed E-state index contributed by atoms with van der Waals surface area (Å²) >= 11 is 0. The summed E-state index contributed by atoms with van der Waals surface area (Å²) in [6.45, 7) is 3.53. The predicted molar refractivity (Wildman–Crippen MR) is 77.8 cm³/mol. The molecule has 110 valence electrons. The summed E-state index contributed by atoms with van der Waals surface area (Å²) in [5.41, 5.74) is 5.70. The van der Waals surface area contributed by atoms with Crippen LogP contribution in [0.3, 0.4) is 0 Å². The van der Waals surface area contributed by atoms with Crippen LogP contribution < -0.4 is 5.73 Å². The topological polar surface area (TPSA) is 49.6 Å². The van der Waals surface area contributed by atoms with E-state index in [0.717, 1.165) is 51.2 Å². The minimum Gasteiger partial charge on any atom is -0.342 e. The molecule has 0 spiro atoms. The lowest BCUT2D eigenvalue weighted by Gasteiger charge is -2.38. The maximum absolute atomic E-state index is 12.7. The van der Waals surface area contributed by atoms with E-state index in [9.17, 15) is 4.79 Å².